The van der Waals surface area contributed by atoms with Crippen LogP contribution in [0.15, 0.2) is 88.3 Å². The molecule has 5 aromatic rings. The molecule has 1 atom stereocenters. The van der Waals surface area contributed by atoms with Gasteiger partial charge in [-0.3, -0.25) is 9.69 Å². The number of alkyl halides is 3. The highest BCUT2D eigenvalue weighted by Crippen LogP contribution is 2.45. The highest BCUT2D eigenvalue weighted by atomic mass is 19.4. The van der Waals surface area contributed by atoms with Gasteiger partial charge in [0, 0.05) is 26.2 Å². The summed E-state index contributed by atoms with van der Waals surface area (Å²) in [6, 6.07) is 18.9. The highest BCUT2D eigenvalue weighted by Gasteiger charge is 2.42. The third-order valence-corrected chi connectivity index (χ3v) is 7.96. The van der Waals surface area contributed by atoms with E-state index in [0.717, 1.165) is 18.7 Å². The Balaban J connectivity index is 1.57. The largest absolute Gasteiger partial charge is 0.507 e. The van der Waals surface area contributed by atoms with Crippen LogP contribution in [-0.2, 0) is 12.6 Å². The van der Waals surface area contributed by atoms with Crippen molar-refractivity contribution in [1.82, 2.24) is 19.6 Å². The molecule has 0 bridgehead atoms. The van der Waals surface area contributed by atoms with Crippen LogP contribution in [0.3, 0.4) is 0 Å². The lowest BCUT2D eigenvalue weighted by Crippen LogP contribution is -2.46. The Morgan fingerprint density at radius 3 is 2.32 bits per heavy atom. The number of aromatic hydroxyl groups is 1. The maximum absolute atomic E-state index is 14.6. The topological polar surface area (TPSA) is 84.0 Å². The molecule has 1 aliphatic rings. The van der Waals surface area contributed by atoms with Crippen LogP contribution >= 0.6 is 0 Å². The lowest BCUT2D eigenvalue weighted by atomic mass is 9.91. The summed E-state index contributed by atoms with van der Waals surface area (Å²) in [5.74, 6) is -2.84. The summed E-state index contributed by atoms with van der Waals surface area (Å²) in [6.07, 6.45) is -2.13. The quantitative estimate of drug-likeness (QED) is 0.230. The van der Waals surface area contributed by atoms with Gasteiger partial charge in [0.2, 0.25) is 11.2 Å². The first kappa shape index (κ1) is 29.5. The molecule has 3 aromatic carbocycles. The molecule has 1 fully saturated rings. The predicted octanol–water partition coefficient (Wildman–Crippen LogP) is 6.39. The number of piperazine rings is 1. The van der Waals surface area contributed by atoms with Gasteiger partial charge in [-0.25, -0.2) is 4.68 Å². The van der Waals surface area contributed by atoms with E-state index in [1.807, 2.05) is 43.4 Å². The number of para-hydroxylation sites is 1. The fraction of sp³-hybridized carbons (Fsp3) is 0.273. The minimum absolute atomic E-state index is 0.0691. The number of nitrogens with zero attached hydrogens (tertiary/aromatic N) is 4. The van der Waals surface area contributed by atoms with E-state index in [1.54, 1.807) is 31.2 Å². The van der Waals surface area contributed by atoms with Gasteiger partial charge in [-0.2, -0.15) is 18.3 Å². The van der Waals surface area contributed by atoms with Crippen LogP contribution in [0.5, 0.6) is 17.2 Å². The van der Waals surface area contributed by atoms with Crippen LogP contribution in [0, 0.1) is 0 Å². The fourth-order valence-corrected chi connectivity index (χ4v) is 5.66. The Labute approximate surface area is 251 Å². The summed E-state index contributed by atoms with van der Waals surface area (Å²) in [6.45, 7) is 4.44. The normalized spacial score (nSPS) is 15.5. The van der Waals surface area contributed by atoms with Gasteiger partial charge in [0.25, 0.3) is 5.76 Å². The molecule has 2 aromatic heterocycles. The number of phenols is 1. The van der Waals surface area contributed by atoms with Gasteiger partial charge < -0.3 is 19.2 Å². The zero-order valence-corrected chi connectivity index (χ0v) is 24.2. The van der Waals surface area contributed by atoms with Crippen molar-refractivity contribution < 1.29 is 27.4 Å². The van der Waals surface area contributed by atoms with E-state index in [0.29, 0.717) is 30.8 Å². The summed E-state index contributed by atoms with van der Waals surface area (Å²) in [7, 11) is 2.00. The monoisotopic (exact) mass is 604 g/mol. The molecule has 1 saturated heterocycles. The van der Waals surface area contributed by atoms with Crippen molar-refractivity contribution in [2.45, 2.75) is 25.6 Å². The predicted molar refractivity (Wildman–Crippen MR) is 160 cm³/mol. The third kappa shape index (κ3) is 5.56. The summed E-state index contributed by atoms with van der Waals surface area (Å²) in [4.78, 5) is 18.2. The summed E-state index contributed by atoms with van der Waals surface area (Å²) in [5, 5.41) is 15.6. The molecule has 6 rings (SSSR count). The number of phenolic OH excluding ortho intramolecular Hbond substituents is 1. The molecule has 1 aliphatic heterocycles. The standard InChI is InChI=1S/C33H31F3N4O4/c1-3-21-18-25-29(42)31(43-24-19-37-40(20-24)23-12-8-5-9-13-23)32(33(34,35)36)44-30(25)26(28(21)41)27(22-10-6-4-7-11-22)39-16-14-38(2)15-17-39/h4-13,18-20,27,41H,3,14-17H2,1-2H3/t27-/m0/s1. The van der Waals surface area contributed by atoms with Gasteiger partial charge >= 0.3 is 6.18 Å². The molecule has 0 radical (unpaired) electrons. The summed E-state index contributed by atoms with van der Waals surface area (Å²) < 4.78 is 56.5. The molecule has 228 valence electrons. The van der Waals surface area contributed by atoms with Gasteiger partial charge in [0.05, 0.1) is 35.1 Å². The van der Waals surface area contributed by atoms with Crippen LogP contribution < -0.4 is 10.2 Å². The number of aryl methyl sites for hydroxylation is 1. The minimum atomic E-state index is -5.08. The van der Waals surface area contributed by atoms with Gasteiger partial charge in [-0.15, -0.1) is 0 Å². The molecule has 0 unspecified atom stereocenters. The lowest BCUT2D eigenvalue weighted by molar-refractivity contribution is -0.154. The molecule has 0 amide bonds. The van der Waals surface area contributed by atoms with Crippen molar-refractivity contribution in [2.24, 2.45) is 0 Å². The molecule has 3 heterocycles. The second kappa shape index (κ2) is 11.8. The second-order valence-corrected chi connectivity index (χ2v) is 10.8. The summed E-state index contributed by atoms with van der Waals surface area (Å²) >= 11 is 0. The van der Waals surface area contributed by atoms with Gasteiger partial charge in [-0.05, 0) is 42.8 Å². The molecule has 0 saturated carbocycles. The van der Waals surface area contributed by atoms with Gasteiger partial charge in [-0.1, -0.05) is 55.5 Å². The number of likely N-dealkylation sites (N-methyl/N-ethyl adjacent to an activating group) is 1. The van der Waals surface area contributed by atoms with Crippen LogP contribution in [0.25, 0.3) is 16.7 Å². The first-order chi connectivity index (χ1) is 21.2. The molecule has 8 nitrogen and oxygen atoms in total. The first-order valence-corrected chi connectivity index (χ1v) is 14.3. The Hall–Kier alpha value is -4.61. The first-order valence-electron chi connectivity index (χ1n) is 14.3. The van der Waals surface area contributed by atoms with E-state index in [2.05, 4.69) is 14.9 Å². The fourth-order valence-electron chi connectivity index (χ4n) is 5.66. The lowest BCUT2D eigenvalue weighted by Gasteiger charge is -2.39. The number of fused-ring (bicyclic) bond motifs is 1. The van der Waals surface area contributed by atoms with Crippen molar-refractivity contribution in [3.05, 3.63) is 112 Å². The Kier molecular flexibility index (Phi) is 7.91. The highest BCUT2D eigenvalue weighted by molar-refractivity contribution is 5.86. The second-order valence-electron chi connectivity index (χ2n) is 10.8. The van der Waals surface area contributed by atoms with Crippen molar-refractivity contribution in [1.29, 1.82) is 0 Å². The van der Waals surface area contributed by atoms with Crippen molar-refractivity contribution in [3.8, 4) is 22.9 Å². The van der Waals surface area contributed by atoms with Gasteiger partial charge in [0.1, 0.15) is 11.3 Å². The van der Waals surface area contributed by atoms with Gasteiger partial charge in [0.15, 0.2) is 5.75 Å². The molecule has 0 aliphatic carbocycles. The average Bonchev–Trinajstić information content (AvgIpc) is 3.49. The SMILES string of the molecule is CCc1cc2c(=O)c(Oc3cnn(-c4ccccc4)c3)c(C(F)(F)F)oc2c([C@H](c2ccccc2)N2CCN(C)CC2)c1O. The van der Waals surface area contributed by atoms with E-state index in [4.69, 9.17) is 9.15 Å². The number of hydrogen-bond acceptors (Lipinski definition) is 7. The third-order valence-electron chi connectivity index (χ3n) is 7.96. The van der Waals surface area contributed by atoms with Crippen LogP contribution in [-0.4, -0.2) is 57.9 Å². The zero-order valence-electron chi connectivity index (χ0n) is 24.2. The van der Waals surface area contributed by atoms with E-state index in [-0.39, 0.29) is 28.0 Å². The average molecular weight is 605 g/mol. The minimum Gasteiger partial charge on any atom is -0.507 e. The summed E-state index contributed by atoms with van der Waals surface area (Å²) in [5.41, 5.74) is 0.641. The smallest absolute Gasteiger partial charge is 0.453 e. The number of hydrogen-bond donors (Lipinski definition) is 1. The van der Waals surface area contributed by atoms with E-state index < -0.39 is 29.2 Å². The molecule has 11 heteroatoms. The molecular formula is C33H31F3N4O4. The number of halogens is 3. The number of benzene rings is 3. The Morgan fingerprint density at radius 1 is 1.02 bits per heavy atom. The molecule has 44 heavy (non-hydrogen) atoms. The Morgan fingerprint density at radius 2 is 1.68 bits per heavy atom. The van der Waals surface area contributed by atoms with E-state index in [1.165, 1.54) is 23.1 Å². The van der Waals surface area contributed by atoms with Crippen molar-refractivity contribution in [2.75, 3.05) is 33.2 Å². The van der Waals surface area contributed by atoms with Crippen molar-refractivity contribution >= 4 is 11.0 Å². The number of ether oxygens (including phenoxy) is 1. The van der Waals surface area contributed by atoms with Crippen molar-refractivity contribution in [3.63, 3.8) is 0 Å². The van der Waals surface area contributed by atoms with Crippen LogP contribution in [0.2, 0.25) is 0 Å². The Bertz CT molecular complexity index is 1830. The van der Waals surface area contributed by atoms with Crippen LogP contribution in [0.4, 0.5) is 13.2 Å². The van der Waals surface area contributed by atoms with Crippen LogP contribution in [0.1, 0.15) is 35.4 Å². The van der Waals surface area contributed by atoms with E-state index in [9.17, 15) is 23.1 Å². The zero-order chi connectivity index (χ0) is 31.0. The van der Waals surface area contributed by atoms with E-state index >= 15 is 0 Å². The molecule has 0 spiro atoms. The molecule has 1 N–H and O–H groups in total. The molecular weight excluding hydrogens is 573 g/mol. The number of aromatic nitrogens is 2. The maximum atomic E-state index is 14.6. The number of rotatable bonds is 7. The maximum Gasteiger partial charge on any atom is 0.453 e.